The summed E-state index contributed by atoms with van der Waals surface area (Å²) in [7, 11) is 0. The molecule has 0 saturated carbocycles. The number of fused-ring (bicyclic) bond motifs is 1. The third-order valence-corrected chi connectivity index (χ3v) is 4.18. The fourth-order valence-electron chi connectivity index (χ4n) is 3.18. The molecular formula is C15H18N2O2. The lowest BCUT2D eigenvalue weighted by Gasteiger charge is -2.25. The molecule has 1 aliphatic heterocycles. The molecule has 0 radical (unpaired) electrons. The Balaban J connectivity index is 1.98. The van der Waals surface area contributed by atoms with Gasteiger partial charge in [0.25, 0.3) is 0 Å². The molecule has 1 aromatic carbocycles. The van der Waals surface area contributed by atoms with E-state index in [-0.39, 0.29) is 17.9 Å². The van der Waals surface area contributed by atoms with Gasteiger partial charge in [-0.25, -0.2) is 0 Å². The van der Waals surface area contributed by atoms with Crippen molar-refractivity contribution in [2.24, 2.45) is 5.41 Å². The van der Waals surface area contributed by atoms with Crippen LogP contribution < -0.4 is 5.73 Å². The van der Waals surface area contributed by atoms with Crippen molar-refractivity contribution in [3.05, 3.63) is 29.3 Å². The Morgan fingerprint density at radius 3 is 2.68 bits per heavy atom. The first-order valence-electron chi connectivity index (χ1n) is 6.65. The summed E-state index contributed by atoms with van der Waals surface area (Å²) in [5.41, 5.74) is 8.19. The smallest absolute Gasteiger partial charge is 0.235 e. The van der Waals surface area contributed by atoms with Crippen LogP contribution in [0, 0.1) is 5.41 Å². The van der Waals surface area contributed by atoms with E-state index in [2.05, 4.69) is 0 Å². The van der Waals surface area contributed by atoms with Gasteiger partial charge in [-0.2, -0.15) is 0 Å². The van der Waals surface area contributed by atoms with Gasteiger partial charge >= 0.3 is 0 Å². The zero-order valence-corrected chi connectivity index (χ0v) is 11.3. The number of carbonyl (C=O) groups excluding carboxylic acids is 2. The van der Waals surface area contributed by atoms with Crippen molar-refractivity contribution in [2.45, 2.75) is 39.2 Å². The number of amides is 2. The van der Waals surface area contributed by atoms with Crippen LogP contribution in [0.3, 0.4) is 0 Å². The summed E-state index contributed by atoms with van der Waals surface area (Å²) in [5, 5.41) is 0. The van der Waals surface area contributed by atoms with E-state index < -0.39 is 5.41 Å². The van der Waals surface area contributed by atoms with Crippen LogP contribution in [0.2, 0.25) is 0 Å². The molecule has 0 aromatic heterocycles. The fraction of sp³-hybridized carbons (Fsp3) is 0.467. The third-order valence-electron chi connectivity index (χ3n) is 4.18. The Labute approximate surface area is 112 Å². The standard InChI is InChI=1S/C15H18N2O2/c1-15(2)8-13(18)17(14(15)19)12-6-3-9-7-10(16)4-5-11(9)12/h4-5,7,12H,3,6,8,16H2,1-2H3. The SMILES string of the molecule is CC1(C)CC(=O)N(C2CCc3cc(N)ccc32)C1=O. The van der Waals surface area contributed by atoms with Crippen molar-refractivity contribution >= 4 is 17.5 Å². The zero-order valence-electron chi connectivity index (χ0n) is 11.3. The molecule has 1 saturated heterocycles. The molecule has 1 heterocycles. The summed E-state index contributed by atoms with van der Waals surface area (Å²) in [5.74, 6) is -0.100. The number of carbonyl (C=O) groups is 2. The molecule has 2 aliphatic rings. The number of nitrogens with zero attached hydrogens (tertiary/aromatic N) is 1. The molecule has 1 aromatic rings. The summed E-state index contributed by atoms with van der Waals surface area (Å²) >= 11 is 0. The van der Waals surface area contributed by atoms with Crippen LogP contribution in [0.4, 0.5) is 5.69 Å². The summed E-state index contributed by atoms with van der Waals surface area (Å²) in [4.78, 5) is 26.0. The Morgan fingerprint density at radius 2 is 2.05 bits per heavy atom. The van der Waals surface area contributed by atoms with Gasteiger partial charge in [0.2, 0.25) is 11.8 Å². The van der Waals surface area contributed by atoms with E-state index in [4.69, 9.17) is 5.73 Å². The largest absolute Gasteiger partial charge is 0.399 e. The number of benzene rings is 1. The molecule has 4 heteroatoms. The van der Waals surface area contributed by atoms with Crippen LogP contribution in [0.15, 0.2) is 18.2 Å². The number of imide groups is 1. The predicted octanol–water partition coefficient (Wildman–Crippen LogP) is 2.04. The Kier molecular flexibility index (Phi) is 2.46. The normalized spacial score (nSPS) is 24.9. The van der Waals surface area contributed by atoms with Crippen LogP contribution in [-0.2, 0) is 16.0 Å². The highest BCUT2D eigenvalue weighted by Gasteiger charge is 2.48. The molecule has 3 rings (SSSR count). The number of nitrogens with two attached hydrogens (primary N) is 1. The highest BCUT2D eigenvalue weighted by molar-refractivity contribution is 6.05. The van der Waals surface area contributed by atoms with Crippen LogP contribution >= 0.6 is 0 Å². The molecule has 1 unspecified atom stereocenters. The second-order valence-electron chi connectivity index (χ2n) is 6.14. The zero-order chi connectivity index (χ0) is 13.8. The van der Waals surface area contributed by atoms with E-state index in [1.807, 2.05) is 32.0 Å². The maximum atomic E-state index is 12.4. The summed E-state index contributed by atoms with van der Waals surface area (Å²) in [6.07, 6.45) is 2.00. The Morgan fingerprint density at radius 1 is 1.32 bits per heavy atom. The van der Waals surface area contributed by atoms with Crippen molar-refractivity contribution in [2.75, 3.05) is 5.73 Å². The van der Waals surface area contributed by atoms with Crippen molar-refractivity contribution in [3.8, 4) is 0 Å². The number of anilines is 1. The highest BCUT2D eigenvalue weighted by Crippen LogP contribution is 2.43. The number of rotatable bonds is 1. The molecule has 0 spiro atoms. The molecule has 2 amide bonds. The molecule has 4 nitrogen and oxygen atoms in total. The molecule has 19 heavy (non-hydrogen) atoms. The maximum absolute atomic E-state index is 12.4. The quantitative estimate of drug-likeness (QED) is 0.619. The molecule has 1 atom stereocenters. The third kappa shape index (κ3) is 1.74. The highest BCUT2D eigenvalue weighted by atomic mass is 16.2. The Bertz CT molecular complexity index is 578. The van der Waals surface area contributed by atoms with Gasteiger partial charge in [0.15, 0.2) is 0 Å². The van der Waals surface area contributed by atoms with Gasteiger partial charge in [-0.05, 0) is 36.1 Å². The van der Waals surface area contributed by atoms with E-state index in [1.165, 1.54) is 4.90 Å². The minimum atomic E-state index is -0.562. The molecule has 100 valence electrons. The van der Waals surface area contributed by atoms with Gasteiger partial charge in [-0.1, -0.05) is 19.9 Å². The van der Waals surface area contributed by atoms with Crippen molar-refractivity contribution in [1.82, 2.24) is 4.90 Å². The number of aryl methyl sites for hydroxylation is 1. The van der Waals surface area contributed by atoms with E-state index in [1.54, 1.807) is 0 Å². The van der Waals surface area contributed by atoms with Gasteiger partial charge in [0, 0.05) is 12.1 Å². The second-order valence-corrected chi connectivity index (χ2v) is 6.14. The second kappa shape index (κ2) is 3.83. The summed E-state index contributed by atoms with van der Waals surface area (Å²) < 4.78 is 0. The van der Waals surface area contributed by atoms with E-state index in [0.717, 1.165) is 29.7 Å². The molecule has 1 fully saturated rings. The lowest BCUT2D eigenvalue weighted by molar-refractivity contribution is -0.143. The van der Waals surface area contributed by atoms with Gasteiger partial charge in [-0.3, -0.25) is 14.5 Å². The number of hydrogen-bond donors (Lipinski definition) is 1. The lowest BCUT2D eigenvalue weighted by Crippen LogP contribution is -2.35. The van der Waals surface area contributed by atoms with Gasteiger partial charge in [0.1, 0.15) is 0 Å². The number of nitrogen functional groups attached to an aromatic ring is 1. The van der Waals surface area contributed by atoms with Crippen LogP contribution in [0.25, 0.3) is 0 Å². The monoisotopic (exact) mass is 258 g/mol. The number of likely N-dealkylation sites (tertiary alicyclic amines) is 1. The molecular weight excluding hydrogens is 240 g/mol. The topological polar surface area (TPSA) is 63.4 Å². The molecule has 2 N–H and O–H groups in total. The first-order chi connectivity index (χ1) is 8.90. The molecule has 1 aliphatic carbocycles. The van der Waals surface area contributed by atoms with Crippen LogP contribution in [-0.4, -0.2) is 16.7 Å². The lowest BCUT2D eigenvalue weighted by atomic mass is 9.92. The van der Waals surface area contributed by atoms with Gasteiger partial charge < -0.3 is 5.73 Å². The average Bonchev–Trinajstić information content (AvgIpc) is 2.79. The van der Waals surface area contributed by atoms with Gasteiger partial charge in [0.05, 0.1) is 11.5 Å². The Hall–Kier alpha value is -1.84. The first kappa shape index (κ1) is 12.2. The summed E-state index contributed by atoms with van der Waals surface area (Å²) in [6.45, 7) is 3.68. The van der Waals surface area contributed by atoms with Crippen molar-refractivity contribution in [3.63, 3.8) is 0 Å². The molecule has 0 bridgehead atoms. The van der Waals surface area contributed by atoms with E-state index in [0.29, 0.717) is 6.42 Å². The predicted molar refractivity (Wildman–Crippen MR) is 72.2 cm³/mol. The maximum Gasteiger partial charge on any atom is 0.235 e. The van der Waals surface area contributed by atoms with Crippen molar-refractivity contribution in [1.29, 1.82) is 0 Å². The fourth-order valence-corrected chi connectivity index (χ4v) is 3.18. The van der Waals surface area contributed by atoms with Crippen LogP contribution in [0.5, 0.6) is 0 Å². The number of hydrogen-bond acceptors (Lipinski definition) is 3. The van der Waals surface area contributed by atoms with Crippen molar-refractivity contribution < 1.29 is 9.59 Å². The van der Waals surface area contributed by atoms with E-state index >= 15 is 0 Å². The minimum absolute atomic E-state index is 0.0489. The van der Waals surface area contributed by atoms with Crippen LogP contribution in [0.1, 0.15) is 43.9 Å². The van der Waals surface area contributed by atoms with Gasteiger partial charge in [-0.15, -0.1) is 0 Å². The summed E-state index contributed by atoms with van der Waals surface area (Å²) in [6, 6.07) is 5.64. The van der Waals surface area contributed by atoms with E-state index in [9.17, 15) is 9.59 Å². The minimum Gasteiger partial charge on any atom is -0.399 e. The first-order valence-corrected chi connectivity index (χ1v) is 6.65. The average molecular weight is 258 g/mol.